The molecule has 1 N–H and O–H groups in total. The zero-order chi connectivity index (χ0) is 15.5. The third kappa shape index (κ3) is 3.76. The summed E-state index contributed by atoms with van der Waals surface area (Å²) in [6.07, 6.45) is 1.87. The summed E-state index contributed by atoms with van der Waals surface area (Å²) in [5, 5.41) is 2.67. The van der Waals surface area contributed by atoms with E-state index in [0.717, 1.165) is 4.90 Å². The molecular weight excluding hydrogens is 312 g/mol. The molecule has 2 rings (SSSR count). The Labute approximate surface area is 128 Å². The first-order chi connectivity index (χ1) is 9.95. The predicted molar refractivity (Wildman–Crippen MR) is 82.1 cm³/mol. The van der Waals surface area contributed by atoms with Crippen LogP contribution in [-0.4, -0.2) is 51.2 Å². The minimum atomic E-state index is -3.55. The third-order valence-electron chi connectivity index (χ3n) is 3.09. The quantitative estimate of drug-likeness (QED) is 0.844. The molecule has 1 saturated heterocycles. The molecule has 1 fully saturated rings. The van der Waals surface area contributed by atoms with Gasteiger partial charge in [-0.05, 0) is 24.5 Å². The van der Waals surface area contributed by atoms with Gasteiger partial charge in [0.25, 0.3) is 0 Å². The number of nitrogens with zero attached hydrogens (tertiary/aromatic N) is 1. The topological polar surface area (TPSA) is 75.7 Å². The van der Waals surface area contributed by atoms with Crippen molar-refractivity contribution in [1.82, 2.24) is 4.31 Å². The summed E-state index contributed by atoms with van der Waals surface area (Å²) in [7, 11) is -3.55. The van der Waals surface area contributed by atoms with E-state index in [2.05, 4.69) is 5.32 Å². The number of thioether (sulfide) groups is 1. The van der Waals surface area contributed by atoms with Crippen LogP contribution in [0.4, 0.5) is 5.69 Å². The fourth-order valence-corrected chi connectivity index (χ4v) is 4.04. The lowest BCUT2D eigenvalue weighted by atomic mass is 10.3. The molecule has 1 aromatic carbocycles. The Kier molecular flexibility index (Phi) is 5.26. The predicted octanol–water partition coefficient (Wildman–Crippen LogP) is 1.39. The van der Waals surface area contributed by atoms with Crippen LogP contribution in [0.2, 0.25) is 0 Å². The van der Waals surface area contributed by atoms with E-state index in [9.17, 15) is 13.2 Å². The molecule has 6 nitrogen and oxygen atoms in total. The average molecular weight is 330 g/mol. The molecule has 8 heteroatoms. The van der Waals surface area contributed by atoms with Crippen LogP contribution < -0.4 is 5.32 Å². The first-order valence-corrected chi connectivity index (χ1v) is 9.15. The number of hydrogen-bond donors (Lipinski definition) is 1. The van der Waals surface area contributed by atoms with E-state index >= 15 is 0 Å². The van der Waals surface area contributed by atoms with Gasteiger partial charge < -0.3 is 10.1 Å². The highest BCUT2D eigenvalue weighted by atomic mass is 32.2. The maximum Gasteiger partial charge on any atom is 0.243 e. The van der Waals surface area contributed by atoms with Crippen LogP contribution in [0.5, 0.6) is 0 Å². The number of hydrogen-bond acceptors (Lipinski definition) is 5. The molecule has 0 atom stereocenters. The number of sulfonamides is 1. The highest BCUT2D eigenvalue weighted by Gasteiger charge is 2.26. The fourth-order valence-electron chi connectivity index (χ4n) is 2.07. The summed E-state index contributed by atoms with van der Waals surface area (Å²) in [4.78, 5) is 12.3. The van der Waals surface area contributed by atoms with Crippen molar-refractivity contribution in [1.29, 1.82) is 0 Å². The van der Waals surface area contributed by atoms with Crippen molar-refractivity contribution in [2.75, 3.05) is 37.9 Å². The maximum atomic E-state index is 12.6. The van der Waals surface area contributed by atoms with Crippen molar-refractivity contribution >= 4 is 33.4 Å². The van der Waals surface area contributed by atoms with Gasteiger partial charge in [-0.15, -0.1) is 11.8 Å². The molecular formula is C13H18N2O4S2. The first-order valence-electron chi connectivity index (χ1n) is 6.48. The second-order valence-corrected chi connectivity index (χ2v) is 7.35. The van der Waals surface area contributed by atoms with Gasteiger partial charge in [-0.3, -0.25) is 4.79 Å². The minimum Gasteiger partial charge on any atom is -0.379 e. The van der Waals surface area contributed by atoms with Gasteiger partial charge in [0, 0.05) is 24.9 Å². The number of carbonyl (C=O) groups is 1. The standard InChI is InChI=1S/C13H18N2O4S2/c1-10(16)14-12-9-11(3-4-13(12)20-2)21(17,18)15-5-7-19-8-6-15/h3-4,9H,5-8H2,1-2H3,(H,14,16). The van der Waals surface area contributed by atoms with Crippen molar-refractivity contribution in [2.45, 2.75) is 16.7 Å². The molecule has 0 unspecified atom stereocenters. The number of carbonyl (C=O) groups excluding carboxylic acids is 1. The maximum absolute atomic E-state index is 12.6. The van der Waals surface area contributed by atoms with Crippen LogP contribution >= 0.6 is 11.8 Å². The lowest BCUT2D eigenvalue weighted by Gasteiger charge is -2.26. The molecule has 0 saturated carbocycles. The summed E-state index contributed by atoms with van der Waals surface area (Å²) in [6.45, 7) is 2.90. The lowest BCUT2D eigenvalue weighted by molar-refractivity contribution is -0.114. The van der Waals surface area contributed by atoms with Gasteiger partial charge in [0.15, 0.2) is 0 Å². The molecule has 1 aliphatic rings. The van der Waals surface area contributed by atoms with Crippen molar-refractivity contribution in [3.05, 3.63) is 18.2 Å². The molecule has 0 bridgehead atoms. The molecule has 116 valence electrons. The Morgan fingerprint density at radius 3 is 2.57 bits per heavy atom. The average Bonchev–Trinajstić information content (AvgIpc) is 2.47. The van der Waals surface area contributed by atoms with Crippen LogP contribution in [0.15, 0.2) is 28.0 Å². The number of anilines is 1. The summed E-state index contributed by atoms with van der Waals surface area (Å²) in [5.74, 6) is -0.230. The Balaban J connectivity index is 2.36. The number of nitrogens with one attached hydrogen (secondary N) is 1. The van der Waals surface area contributed by atoms with Gasteiger partial charge in [-0.25, -0.2) is 8.42 Å². The number of rotatable bonds is 4. The number of ether oxygens (including phenoxy) is 1. The van der Waals surface area contributed by atoms with Gasteiger partial charge in [0.1, 0.15) is 0 Å². The SMILES string of the molecule is CSc1ccc(S(=O)(=O)N2CCOCC2)cc1NC(C)=O. The van der Waals surface area contributed by atoms with Gasteiger partial charge in [-0.2, -0.15) is 4.31 Å². The minimum absolute atomic E-state index is 0.186. The van der Waals surface area contributed by atoms with E-state index in [1.165, 1.54) is 29.1 Å². The van der Waals surface area contributed by atoms with E-state index in [4.69, 9.17) is 4.74 Å². The van der Waals surface area contributed by atoms with Crippen LogP contribution in [0.3, 0.4) is 0 Å². The highest BCUT2D eigenvalue weighted by Crippen LogP contribution is 2.29. The second-order valence-electron chi connectivity index (χ2n) is 4.56. The number of benzene rings is 1. The van der Waals surface area contributed by atoms with Crippen LogP contribution in [0, 0.1) is 0 Å². The summed E-state index contributed by atoms with van der Waals surface area (Å²) in [5.41, 5.74) is 0.518. The first kappa shape index (κ1) is 16.3. The van der Waals surface area contributed by atoms with E-state index in [1.54, 1.807) is 12.1 Å². The molecule has 0 aliphatic carbocycles. The van der Waals surface area contributed by atoms with Crippen molar-refractivity contribution in [3.8, 4) is 0 Å². The summed E-state index contributed by atoms with van der Waals surface area (Å²) < 4.78 is 31.7. The molecule has 0 aromatic heterocycles. The van der Waals surface area contributed by atoms with Gasteiger partial charge in [0.05, 0.1) is 23.8 Å². The van der Waals surface area contributed by atoms with Crippen molar-refractivity contribution < 1.29 is 17.9 Å². The van der Waals surface area contributed by atoms with Gasteiger partial charge in [0.2, 0.25) is 15.9 Å². The third-order valence-corrected chi connectivity index (χ3v) is 5.78. The van der Waals surface area contributed by atoms with E-state index in [1.807, 2.05) is 6.26 Å². The summed E-state index contributed by atoms with van der Waals surface area (Å²) >= 11 is 1.45. The Bertz CT molecular complexity index is 625. The lowest BCUT2D eigenvalue weighted by Crippen LogP contribution is -2.40. The zero-order valence-corrected chi connectivity index (χ0v) is 13.6. The Morgan fingerprint density at radius 2 is 2.00 bits per heavy atom. The summed E-state index contributed by atoms with van der Waals surface area (Å²) in [6, 6.07) is 4.79. The number of amides is 1. The normalized spacial score (nSPS) is 16.7. The molecule has 0 radical (unpaired) electrons. The molecule has 1 amide bonds. The van der Waals surface area contributed by atoms with E-state index < -0.39 is 10.0 Å². The molecule has 1 aliphatic heterocycles. The zero-order valence-electron chi connectivity index (χ0n) is 12.0. The van der Waals surface area contributed by atoms with Crippen LogP contribution in [0.25, 0.3) is 0 Å². The van der Waals surface area contributed by atoms with Crippen molar-refractivity contribution in [2.24, 2.45) is 0 Å². The van der Waals surface area contributed by atoms with Crippen LogP contribution in [-0.2, 0) is 19.6 Å². The largest absolute Gasteiger partial charge is 0.379 e. The van der Waals surface area contributed by atoms with E-state index in [0.29, 0.717) is 32.0 Å². The smallest absolute Gasteiger partial charge is 0.243 e. The Morgan fingerprint density at radius 1 is 1.33 bits per heavy atom. The monoisotopic (exact) mass is 330 g/mol. The van der Waals surface area contributed by atoms with E-state index in [-0.39, 0.29) is 10.8 Å². The number of morpholine rings is 1. The van der Waals surface area contributed by atoms with Crippen LogP contribution in [0.1, 0.15) is 6.92 Å². The molecule has 1 aromatic rings. The van der Waals surface area contributed by atoms with Crippen molar-refractivity contribution in [3.63, 3.8) is 0 Å². The molecule has 21 heavy (non-hydrogen) atoms. The highest BCUT2D eigenvalue weighted by molar-refractivity contribution is 7.98. The fraction of sp³-hybridized carbons (Fsp3) is 0.462. The molecule has 1 heterocycles. The van der Waals surface area contributed by atoms with Gasteiger partial charge in [-0.1, -0.05) is 0 Å². The van der Waals surface area contributed by atoms with Gasteiger partial charge >= 0.3 is 0 Å². The second kappa shape index (κ2) is 6.78. The molecule has 0 spiro atoms. The Hall–Kier alpha value is -1.09.